The van der Waals surface area contributed by atoms with Gasteiger partial charge in [0.25, 0.3) is 0 Å². The zero-order valence-electron chi connectivity index (χ0n) is 22.9. The van der Waals surface area contributed by atoms with Crippen LogP contribution >= 0.6 is 0 Å². The summed E-state index contributed by atoms with van der Waals surface area (Å²) in [5, 5.41) is 11.1. The largest absolute Gasteiger partial charge is 0.481 e. The van der Waals surface area contributed by atoms with Crippen LogP contribution in [0.3, 0.4) is 0 Å². The van der Waals surface area contributed by atoms with Gasteiger partial charge in [0.05, 0.1) is 37.3 Å². The van der Waals surface area contributed by atoms with Gasteiger partial charge in [-0.25, -0.2) is 0 Å². The number of aliphatic carboxylic acids is 1. The molecule has 0 aromatic carbocycles. The minimum Gasteiger partial charge on any atom is -0.481 e. The monoisotopic (exact) mass is 513 g/mol. The molecule has 7 heteroatoms. The average Bonchev–Trinajstić information content (AvgIpc) is 3.38. The van der Waals surface area contributed by atoms with E-state index < -0.39 is 28.5 Å². The molecule has 0 spiro atoms. The Hall–Kier alpha value is -1.72. The summed E-state index contributed by atoms with van der Waals surface area (Å²) >= 11 is 0. The molecule has 1 heterocycles. The first-order valence-corrected chi connectivity index (χ1v) is 14.0. The molecule has 204 valence electrons. The zero-order chi connectivity index (χ0) is 26.8. The third kappa shape index (κ3) is 3.48. The molecule has 7 nitrogen and oxygen atoms in total. The SMILES string of the molecule is C#CCN1C[C@H](OCC23C[C@@H]4[C@H](C)CC[C@H]4[C@@]4(C=O)CC2C=C(C(C)C)[C@@]34C(=O)O)O[C@H](C)[C@@H](OC)C1. The molecule has 4 fully saturated rings. The molecule has 4 bridgehead atoms. The van der Waals surface area contributed by atoms with E-state index >= 15 is 0 Å². The Bertz CT molecular complexity index is 1000. The maximum atomic E-state index is 13.6. The van der Waals surface area contributed by atoms with Gasteiger partial charge < -0.3 is 24.1 Å². The minimum atomic E-state index is -1.24. The van der Waals surface area contributed by atoms with Gasteiger partial charge in [0.15, 0.2) is 6.29 Å². The van der Waals surface area contributed by atoms with Gasteiger partial charge in [0, 0.05) is 19.1 Å². The van der Waals surface area contributed by atoms with Gasteiger partial charge in [-0.2, -0.15) is 0 Å². The molecule has 1 aliphatic heterocycles. The maximum absolute atomic E-state index is 13.6. The number of ether oxygens (including phenoxy) is 3. The first-order valence-electron chi connectivity index (χ1n) is 14.0. The lowest BCUT2D eigenvalue weighted by molar-refractivity contribution is -0.219. The fourth-order valence-corrected chi connectivity index (χ4v) is 9.55. The van der Waals surface area contributed by atoms with Crippen molar-refractivity contribution in [2.75, 3.05) is 33.4 Å². The van der Waals surface area contributed by atoms with Crippen molar-refractivity contribution in [3.63, 3.8) is 0 Å². The number of carbonyl (C=O) groups excluding carboxylic acids is 1. The van der Waals surface area contributed by atoms with Crippen molar-refractivity contribution in [2.24, 2.45) is 45.8 Å². The van der Waals surface area contributed by atoms with Crippen LogP contribution in [-0.2, 0) is 23.8 Å². The summed E-state index contributed by atoms with van der Waals surface area (Å²) in [7, 11) is 1.67. The second-order valence-electron chi connectivity index (χ2n) is 12.7. The number of hydrogen-bond donors (Lipinski definition) is 1. The van der Waals surface area contributed by atoms with Crippen molar-refractivity contribution in [3.8, 4) is 12.3 Å². The summed E-state index contributed by atoms with van der Waals surface area (Å²) in [4.78, 5) is 28.9. The third-order valence-corrected chi connectivity index (χ3v) is 11.0. The molecule has 5 aliphatic rings. The first-order chi connectivity index (χ1) is 17.6. The number of methoxy groups -OCH3 is 1. The van der Waals surface area contributed by atoms with E-state index in [0.717, 1.165) is 31.1 Å². The van der Waals surface area contributed by atoms with Gasteiger partial charge in [-0.1, -0.05) is 44.8 Å². The molecule has 1 N–H and O–H groups in total. The Morgan fingerprint density at radius 1 is 1.32 bits per heavy atom. The molecule has 10 atom stereocenters. The van der Waals surface area contributed by atoms with Crippen LogP contribution in [0.2, 0.25) is 0 Å². The highest BCUT2D eigenvalue weighted by atomic mass is 16.7. The molecule has 4 aliphatic carbocycles. The van der Waals surface area contributed by atoms with E-state index in [1.165, 1.54) is 0 Å². The Morgan fingerprint density at radius 3 is 2.70 bits per heavy atom. The van der Waals surface area contributed by atoms with Gasteiger partial charge in [-0.3, -0.25) is 9.69 Å². The van der Waals surface area contributed by atoms with Gasteiger partial charge in [0.1, 0.15) is 11.7 Å². The number of carboxylic acids is 1. The number of hydrogen-bond acceptors (Lipinski definition) is 6. The lowest BCUT2D eigenvalue weighted by atomic mass is 9.43. The van der Waals surface area contributed by atoms with E-state index in [0.29, 0.717) is 37.9 Å². The molecule has 3 saturated carbocycles. The Kier molecular flexibility index (Phi) is 6.89. The molecule has 0 radical (unpaired) electrons. The van der Waals surface area contributed by atoms with Crippen LogP contribution in [-0.4, -0.2) is 74.1 Å². The van der Waals surface area contributed by atoms with Gasteiger partial charge >= 0.3 is 5.97 Å². The minimum absolute atomic E-state index is 0.000682. The highest BCUT2D eigenvalue weighted by molar-refractivity contribution is 5.90. The second-order valence-corrected chi connectivity index (χ2v) is 12.7. The third-order valence-electron chi connectivity index (χ3n) is 11.0. The number of allylic oxidation sites excluding steroid dienone is 1. The first kappa shape index (κ1) is 26.9. The fourth-order valence-electron chi connectivity index (χ4n) is 9.55. The van der Waals surface area contributed by atoms with Crippen molar-refractivity contribution in [1.82, 2.24) is 4.90 Å². The summed E-state index contributed by atoms with van der Waals surface area (Å²) in [6.07, 6.45) is 11.3. The predicted molar refractivity (Wildman–Crippen MR) is 138 cm³/mol. The lowest BCUT2D eigenvalue weighted by Gasteiger charge is -2.58. The summed E-state index contributed by atoms with van der Waals surface area (Å²) in [5.41, 5.74) is -1.87. The van der Waals surface area contributed by atoms with Crippen LogP contribution in [0.25, 0.3) is 0 Å². The van der Waals surface area contributed by atoms with E-state index in [1.54, 1.807) is 7.11 Å². The number of aldehydes is 1. The van der Waals surface area contributed by atoms with E-state index in [-0.39, 0.29) is 36.6 Å². The topological polar surface area (TPSA) is 85.3 Å². The van der Waals surface area contributed by atoms with Crippen molar-refractivity contribution >= 4 is 12.3 Å². The molecule has 5 rings (SSSR count). The smallest absolute Gasteiger partial charge is 0.315 e. The van der Waals surface area contributed by atoms with Crippen molar-refractivity contribution in [3.05, 3.63) is 11.6 Å². The fraction of sp³-hybridized carbons (Fsp3) is 0.800. The average molecular weight is 514 g/mol. The molecular weight excluding hydrogens is 470 g/mol. The summed E-state index contributed by atoms with van der Waals surface area (Å²) < 4.78 is 18.6. The van der Waals surface area contributed by atoms with Crippen LogP contribution in [0.4, 0.5) is 0 Å². The van der Waals surface area contributed by atoms with Crippen LogP contribution in [0, 0.1) is 58.2 Å². The normalized spacial score (nSPS) is 46.8. The quantitative estimate of drug-likeness (QED) is 0.301. The molecule has 0 amide bonds. The number of fused-ring (bicyclic) bond motifs is 2. The number of terminal acetylenes is 1. The molecule has 37 heavy (non-hydrogen) atoms. The summed E-state index contributed by atoms with van der Waals surface area (Å²) in [5.74, 6) is 2.81. The Labute approximate surface area is 221 Å². The summed E-state index contributed by atoms with van der Waals surface area (Å²) in [6.45, 7) is 10.2. The Balaban J connectivity index is 1.54. The highest BCUT2D eigenvalue weighted by Gasteiger charge is 2.84. The lowest BCUT2D eigenvalue weighted by Crippen LogP contribution is -2.63. The highest BCUT2D eigenvalue weighted by Crippen LogP contribution is 2.82. The van der Waals surface area contributed by atoms with Gasteiger partial charge in [-0.15, -0.1) is 6.42 Å². The maximum Gasteiger partial charge on any atom is 0.315 e. The van der Waals surface area contributed by atoms with Crippen LogP contribution in [0.1, 0.15) is 53.4 Å². The molecule has 0 aromatic heterocycles. The predicted octanol–water partition coefficient (Wildman–Crippen LogP) is 3.62. The molecular formula is C30H43NO6. The molecule has 1 saturated heterocycles. The van der Waals surface area contributed by atoms with Crippen LogP contribution < -0.4 is 0 Å². The van der Waals surface area contributed by atoms with E-state index in [4.69, 9.17) is 20.6 Å². The van der Waals surface area contributed by atoms with E-state index in [2.05, 4.69) is 37.7 Å². The number of rotatable bonds is 8. The number of nitrogens with zero attached hydrogens (tertiary/aromatic N) is 1. The number of carbonyl (C=O) groups is 2. The van der Waals surface area contributed by atoms with E-state index in [9.17, 15) is 14.7 Å². The zero-order valence-corrected chi connectivity index (χ0v) is 22.9. The summed E-state index contributed by atoms with van der Waals surface area (Å²) in [6, 6.07) is 0. The van der Waals surface area contributed by atoms with Crippen molar-refractivity contribution < 1.29 is 28.9 Å². The van der Waals surface area contributed by atoms with Crippen LogP contribution in [0.15, 0.2) is 11.6 Å². The second kappa shape index (κ2) is 9.48. The van der Waals surface area contributed by atoms with E-state index in [1.807, 2.05) is 6.92 Å². The standard InChI is InChI=1S/C30H43NO6/c1-7-10-31-14-25(35-6)20(5)37-26(15-31)36-17-29-13-22-19(4)8-9-23(22)28(16-32)12-21(29)11-24(18(2)3)30(28,29)27(33)34/h1,11,16,18-23,25-26H,8-10,12-15,17H2,2-6H3,(H,33,34)/t19-,20-,21?,22-,23-,25+,26-,28+,29?,30+/m1/s1. The van der Waals surface area contributed by atoms with Crippen LogP contribution in [0.5, 0.6) is 0 Å². The van der Waals surface area contributed by atoms with Crippen molar-refractivity contribution in [2.45, 2.75) is 71.9 Å². The Morgan fingerprint density at radius 2 is 2.08 bits per heavy atom. The van der Waals surface area contributed by atoms with Crippen molar-refractivity contribution in [1.29, 1.82) is 0 Å². The van der Waals surface area contributed by atoms with Gasteiger partial charge in [-0.05, 0) is 55.8 Å². The number of carboxylic acid groups (broad SMARTS) is 1. The molecule has 2 unspecified atom stereocenters. The molecule has 0 aromatic rings. The van der Waals surface area contributed by atoms with Gasteiger partial charge in [0.2, 0.25) is 0 Å².